The third-order valence-corrected chi connectivity index (χ3v) is 6.90. The number of nitrogens with one attached hydrogen (secondary N) is 1. The van der Waals surface area contributed by atoms with Gasteiger partial charge in [-0.25, -0.2) is 0 Å². The van der Waals surface area contributed by atoms with E-state index in [2.05, 4.69) is 35.2 Å². The number of nitrogens with zero attached hydrogens (tertiary/aromatic N) is 6. The second-order valence-corrected chi connectivity index (χ2v) is 9.39. The first-order valence-corrected chi connectivity index (χ1v) is 11.8. The van der Waals surface area contributed by atoms with Gasteiger partial charge in [-0.1, -0.05) is 19.3 Å². The lowest BCUT2D eigenvalue weighted by molar-refractivity contribution is 0.110. The van der Waals surface area contributed by atoms with E-state index < -0.39 is 0 Å². The average Bonchev–Trinajstić information content (AvgIpc) is 3.20. The van der Waals surface area contributed by atoms with Crippen molar-refractivity contribution in [3.05, 3.63) is 11.9 Å². The highest BCUT2D eigenvalue weighted by atomic mass is 35.5. The highest BCUT2D eigenvalue weighted by molar-refractivity contribution is 5.86. The van der Waals surface area contributed by atoms with Gasteiger partial charge in [-0.05, 0) is 39.7 Å². The Kier molecular flexibility index (Phi) is 12.6. The van der Waals surface area contributed by atoms with Crippen LogP contribution in [0.4, 0.5) is 5.82 Å². The lowest BCUT2D eigenvalue weighted by Crippen LogP contribution is -2.49. The van der Waals surface area contributed by atoms with Crippen molar-refractivity contribution in [2.24, 2.45) is 0 Å². The maximum Gasteiger partial charge on any atom is 0.257 e. The predicted molar refractivity (Wildman–Crippen MR) is 143 cm³/mol. The number of anilines is 1. The van der Waals surface area contributed by atoms with E-state index in [9.17, 15) is 0 Å². The van der Waals surface area contributed by atoms with Gasteiger partial charge < -0.3 is 25.3 Å². The van der Waals surface area contributed by atoms with Crippen LogP contribution in [0.1, 0.15) is 63.6 Å². The minimum absolute atomic E-state index is 0. The number of piperazine rings is 1. The topological polar surface area (TPSA) is 102 Å². The van der Waals surface area contributed by atoms with E-state index in [1.165, 1.54) is 32.1 Å². The molecule has 12 heteroatoms. The summed E-state index contributed by atoms with van der Waals surface area (Å²) < 4.78 is 8.33. The summed E-state index contributed by atoms with van der Waals surface area (Å²) in [5.74, 6) is 3.87. The fraction of sp³-hybridized carbons (Fsp3) is 0.773. The molecule has 196 valence electrons. The summed E-state index contributed by atoms with van der Waals surface area (Å²) in [6, 6.07) is 2.53. The van der Waals surface area contributed by atoms with Gasteiger partial charge in [0.1, 0.15) is 11.9 Å². The van der Waals surface area contributed by atoms with Gasteiger partial charge in [0, 0.05) is 50.7 Å². The maximum absolute atomic E-state index is 6.36. The van der Waals surface area contributed by atoms with E-state index in [0.717, 1.165) is 57.2 Å². The molecule has 3 N–H and O–H groups in total. The third-order valence-electron chi connectivity index (χ3n) is 6.90. The first-order chi connectivity index (χ1) is 14.7. The molecule has 2 aliphatic heterocycles. The Bertz CT molecular complexity index is 874. The number of hydrogen-bond donors (Lipinski definition) is 1. The Labute approximate surface area is 220 Å². The molecule has 0 aromatic carbocycles. The standard InChI is InChI=1S/C22H35N7O.3ClH.H2O/c1-16-15-28(13-10-23-16)20-14-19(30-18-8-11-27(2)12-9-18)24-22-25-21(26-29(20)22)17-6-4-3-5-7-17;;;;/h14,16-18,23H,3-13,15H2,1-2H3;3*1H;1H2. The highest BCUT2D eigenvalue weighted by Gasteiger charge is 2.26. The van der Waals surface area contributed by atoms with Crippen molar-refractivity contribution in [3.63, 3.8) is 0 Å². The molecule has 9 nitrogen and oxygen atoms in total. The SMILES string of the molecule is CC1CN(c2cc(OC3CCN(C)CC3)nc3nc(C4CCCCC4)nn23)CCN1.Cl.Cl.Cl.O. The Hall–Kier alpha value is -1.10. The fourth-order valence-corrected chi connectivity index (χ4v) is 5.08. The van der Waals surface area contributed by atoms with Crippen molar-refractivity contribution in [1.82, 2.24) is 29.8 Å². The van der Waals surface area contributed by atoms with Crippen molar-refractivity contribution in [1.29, 1.82) is 0 Å². The molecule has 1 aliphatic carbocycles. The monoisotopic (exact) mass is 539 g/mol. The van der Waals surface area contributed by atoms with Crippen molar-refractivity contribution >= 4 is 48.8 Å². The van der Waals surface area contributed by atoms with Crippen LogP contribution in [0.25, 0.3) is 5.78 Å². The van der Waals surface area contributed by atoms with Crippen LogP contribution in [0.15, 0.2) is 6.07 Å². The number of halogens is 3. The Balaban J connectivity index is 0.00000144. The van der Waals surface area contributed by atoms with Crippen molar-refractivity contribution in [3.8, 4) is 5.88 Å². The molecular formula is C22H40Cl3N7O2. The van der Waals surface area contributed by atoms with Gasteiger partial charge in [-0.3, -0.25) is 0 Å². The summed E-state index contributed by atoms with van der Waals surface area (Å²) in [6.07, 6.45) is 8.59. The van der Waals surface area contributed by atoms with Crippen molar-refractivity contribution in [2.45, 2.75) is 69.9 Å². The zero-order valence-electron chi connectivity index (χ0n) is 20.1. The summed E-state index contributed by atoms with van der Waals surface area (Å²) in [5.41, 5.74) is 0. The predicted octanol–water partition coefficient (Wildman–Crippen LogP) is 2.88. The lowest BCUT2D eigenvalue weighted by Gasteiger charge is -2.33. The normalized spacial score (nSPS) is 22.2. The fourth-order valence-electron chi connectivity index (χ4n) is 5.08. The van der Waals surface area contributed by atoms with Crippen LogP contribution >= 0.6 is 37.2 Å². The summed E-state index contributed by atoms with van der Waals surface area (Å²) >= 11 is 0. The van der Waals surface area contributed by atoms with Crippen LogP contribution in [0.3, 0.4) is 0 Å². The molecule has 2 aromatic rings. The second-order valence-electron chi connectivity index (χ2n) is 9.39. The molecular weight excluding hydrogens is 501 g/mol. The lowest BCUT2D eigenvalue weighted by atomic mass is 9.89. The summed E-state index contributed by atoms with van der Waals surface area (Å²) in [4.78, 5) is 14.4. The molecule has 4 heterocycles. The quantitative estimate of drug-likeness (QED) is 0.636. The number of likely N-dealkylation sites (tertiary alicyclic amines) is 1. The van der Waals surface area contributed by atoms with Gasteiger partial charge in [0.25, 0.3) is 5.78 Å². The minimum atomic E-state index is 0. The van der Waals surface area contributed by atoms with Crippen molar-refractivity contribution in [2.75, 3.05) is 44.7 Å². The summed E-state index contributed by atoms with van der Waals surface area (Å²) in [5, 5.41) is 8.49. The molecule has 0 radical (unpaired) electrons. The van der Waals surface area contributed by atoms with E-state index in [1.807, 2.05) is 4.52 Å². The zero-order chi connectivity index (χ0) is 20.5. The number of fused-ring (bicyclic) bond motifs is 1. The number of rotatable bonds is 4. The molecule has 3 aliphatic rings. The van der Waals surface area contributed by atoms with Crippen LogP contribution in [-0.4, -0.2) is 81.9 Å². The molecule has 2 aromatic heterocycles. The largest absolute Gasteiger partial charge is 0.474 e. The van der Waals surface area contributed by atoms with E-state index >= 15 is 0 Å². The molecule has 1 saturated carbocycles. The molecule has 0 spiro atoms. The third kappa shape index (κ3) is 6.98. The molecule has 0 amide bonds. The first kappa shape index (κ1) is 30.9. The molecule has 3 fully saturated rings. The second kappa shape index (κ2) is 13.8. The zero-order valence-corrected chi connectivity index (χ0v) is 22.6. The smallest absolute Gasteiger partial charge is 0.257 e. The molecule has 2 saturated heterocycles. The van der Waals surface area contributed by atoms with Crippen molar-refractivity contribution < 1.29 is 10.2 Å². The Morgan fingerprint density at radius 2 is 1.68 bits per heavy atom. The average molecular weight is 541 g/mol. The van der Waals surface area contributed by atoms with Crippen LogP contribution in [0.2, 0.25) is 0 Å². The van der Waals surface area contributed by atoms with Gasteiger partial charge in [-0.15, -0.1) is 42.3 Å². The van der Waals surface area contributed by atoms with E-state index in [-0.39, 0.29) is 48.8 Å². The van der Waals surface area contributed by atoms with Crippen LogP contribution in [-0.2, 0) is 0 Å². The molecule has 5 rings (SSSR count). The van der Waals surface area contributed by atoms with Gasteiger partial charge >= 0.3 is 0 Å². The summed E-state index contributed by atoms with van der Waals surface area (Å²) in [6.45, 7) is 7.26. The van der Waals surface area contributed by atoms with Crippen LogP contribution in [0, 0.1) is 0 Å². The summed E-state index contributed by atoms with van der Waals surface area (Å²) in [7, 11) is 2.17. The number of ether oxygens (including phenoxy) is 1. The van der Waals surface area contributed by atoms with Crippen LogP contribution in [0.5, 0.6) is 5.88 Å². The molecule has 1 unspecified atom stereocenters. The maximum atomic E-state index is 6.36. The minimum Gasteiger partial charge on any atom is -0.474 e. The molecule has 0 bridgehead atoms. The van der Waals surface area contributed by atoms with Gasteiger partial charge in [0.2, 0.25) is 5.88 Å². The highest BCUT2D eigenvalue weighted by Crippen LogP contribution is 2.32. The van der Waals surface area contributed by atoms with E-state index in [4.69, 9.17) is 19.8 Å². The van der Waals surface area contributed by atoms with E-state index in [1.54, 1.807) is 0 Å². The van der Waals surface area contributed by atoms with Gasteiger partial charge in [0.15, 0.2) is 5.82 Å². The van der Waals surface area contributed by atoms with E-state index in [0.29, 0.717) is 23.6 Å². The number of piperidine rings is 1. The van der Waals surface area contributed by atoms with Gasteiger partial charge in [-0.2, -0.15) is 14.5 Å². The molecule has 1 atom stereocenters. The van der Waals surface area contributed by atoms with Crippen LogP contribution < -0.4 is 15.0 Å². The number of hydrogen-bond acceptors (Lipinski definition) is 7. The molecule has 34 heavy (non-hydrogen) atoms. The van der Waals surface area contributed by atoms with Gasteiger partial charge in [0.05, 0.1) is 0 Å². The Morgan fingerprint density at radius 1 is 0.971 bits per heavy atom. The number of aromatic nitrogens is 4. The Morgan fingerprint density at radius 3 is 2.35 bits per heavy atom. The first-order valence-electron chi connectivity index (χ1n) is 11.8.